The first kappa shape index (κ1) is 18.5. The number of ether oxygens (including phenoxy) is 1. The van der Waals surface area contributed by atoms with Gasteiger partial charge in [-0.05, 0) is 25.5 Å². The first-order valence-corrected chi connectivity index (χ1v) is 8.74. The van der Waals surface area contributed by atoms with Gasteiger partial charge in [0.1, 0.15) is 0 Å². The van der Waals surface area contributed by atoms with Gasteiger partial charge in [-0.2, -0.15) is 0 Å². The maximum atomic E-state index is 6.31. The van der Waals surface area contributed by atoms with Crippen LogP contribution in [0.5, 0.6) is 0 Å². The number of rotatable bonds is 12. The lowest BCUT2D eigenvalue weighted by Crippen LogP contribution is -2.24. The van der Waals surface area contributed by atoms with Crippen LogP contribution in [0.1, 0.15) is 64.0 Å². The van der Waals surface area contributed by atoms with E-state index in [1.165, 1.54) is 25.7 Å². The number of hydrogen-bond acceptors (Lipinski definition) is 2. The second-order valence-corrected chi connectivity index (χ2v) is 5.91. The fourth-order valence-electron chi connectivity index (χ4n) is 2.34. The van der Waals surface area contributed by atoms with Crippen LogP contribution in [0.4, 0.5) is 0 Å². The molecule has 1 N–H and O–H groups in total. The second-order valence-electron chi connectivity index (χ2n) is 5.50. The van der Waals surface area contributed by atoms with Gasteiger partial charge >= 0.3 is 0 Å². The van der Waals surface area contributed by atoms with E-state index >= 15 is 0 Å². The summed E-state index contributed by atoms with van der Waals surface area (Å²) in [5.74, 6) is 0. The number of benzene rings is 1. The van der Waals surface area contributed by atoms with E-state index < -0.39 is 0 Å². The zero-order chi connectivity index (χ0) is 15.3. The van der Waals surface area contributed by atoms with Gasteiger partial charge in [-0.15, -0.1) is 0 Å². The molecule has 0 saturated carbocycles. The van der Waals surface area contributed by atoms with Gasteiger partial charge in [0.05, 0.1) is 6.10 Å². The van der Waals surface area contributed by atoms with Crippen molar-refractivity contribution in [2.24, 2.45) is 0 Å². The monoisotopic (exact) mass is 311 g/mol. The first-order valence-electron chi connectivity index (χ1n) is 8.36. The summed E-state index contributed by atoms with van der Waals surface area (Å²) in [4.78, 5) is 0. The van der Waals surface area contributed by atoms with Gasteiger partial charge in [0.15, 0.2) is 0 Å². The maximum Gasteiger partial charge on any atom is 0.0963 e. The van der Waals surface area contributed by atoms with Crippen molar-refractivity contribution in [1.82, 2.24) is 5.32 Å². The van der Waals surface area contributed by atoms with Crippen LogP contribution >= 0.6 is 11.6 Å². The average molecular weight is 312 g/mol. The van der Waals surface area contributed by atoms with E-state index in [1.807, 2.05) is 18.2 Å². The Morgan fingerprint density at radius 3 is 2.52 bits per heavy atom. The molecule has 1 atom stereocenters. The van der Waals surface area contributed by atoms with E-state index in [1.54, 1.807) is 0 Å². The Morgan fingerprint density at radius 1 is 1.05 bits per heavy atom. The molecule has 0 spiro atoms. The van der Waals surface area contributed by atoms with E-state index in [-0.39, 0.29) is 6.10 Å². The summed E-state index contributed by atoms with van der Waals surface area (Å²) in [6, 6.07) is 8.00. The van der Waals surface area contributed by atoms with Crippen LogP contribution in [-0.2, 0) is 4.74 Å². The highest BCUT2D eigenvalue weighted by Crippen LogP contribution is 2.25. The highest BCUT2D eigenvalue weighted by Gasteiger charge is 2.14. The van der Waals surface area contributed by atoms with Crippen molar-refractivity contribution in [2.75, 3.05) is 19.7 Å². The summed E-state index contributed by atoms with van der Waals surface area (Å²) >= 11 is 6.31. The molecule has 0 aliphatic carbocycles. The predicted octanol–water partition coefficient (Wildman–Crippen LogP) is 5.37. The van der Waals surface area contributed by atoms with Crippen LogP contribution in [-0.4, -0.2) is 19.7 Å². The molecule has 0 fully saturated rings. The van der Waals surface area contributed by atoms with Crippen LogP contribution in [0.15, 0.2) is 24.3 Å². The number of unbranched alkanes of at least 4 members (excludes halogenated alkanes) is 4. The van der Waals surface area contributed by atoms with Gasteiger partial charge in [-0.3, -0.25) is 0 Å². The summed E-state index contributed by atoms with van der Waals surface area (Å²) in [6.45, 7) is 7.07. The molecule has 1 unspecified atom stereocenters. The van der Waals surface area contributed by atoms with Gasteiger partial charge in [-0.25, -0.2) is 0 Å². The van der Waals surface area contributed by atoms with Crippen molar-refractivity contribution in [3.8, 4) is 0 Å². The molecule has 1 rings (SSSR count). The van der Waals surface area contributed by atoms with E-state index in [0.29, 0.717) is 0 Å². The van der Waals surface area contributed by atoms with Crippen molar-refractivity contribution in [2.45, 2.75) is 58.5 Å². The number of hydrogen-bond donors (Lipinski definition) is 1. The third kappa shape index (κ3) is 7.85. The minimum atomic E-state index is 0.0522. The molecule has 3 heteroatoms. The van der Waals surface area contributed by atoms with E-state index in [4.69, 9.17) is 16.3 Å². The van der Waals surface area contributed by atoms with Crippen molar-refractivity contribution in [3.63, 3.8) is 0 Å². The third-order valence-electron chi connectivity index (χ3n) is 3.58. The van der Waals surface area contributed by atoms with Gasteiger partial charge in [0, 0.05) is 23.7 Å². The zero-order valence-corrected chi connectivity index (χ0v) is 14.3. The minimum absolute atomic E-state index is 0.0522. The standard InChI is InChI=1S/C18H30ClNO/c1-3-5-6-7-10-14-21-18(15-20-13-4-2)16-11-8-9-12-17(16)19/h8-9,11-12,18,20H,3-7,10,13-15H2,1-2H3. The zero-order valence-electron chi connectivity index (χ0n) is 13.5. The lowest BCUT2D eigenvalue weighted by molar-refractivity contribution is 0.0500. The van der Waals surface area contributed by atoms with Crippen LogP contribution < -0.4 is 5.32 Å². The Bertz CT molecular complexity index is 370. The van der Waals surface area contributed by atoms with Gasteiger partial charge in [0.2, 0.25) is 0 Å². The highest BCUT2D eigenvalue weighted by atomic mass is 35.5. The van der Waals surface area contributed by atoms with Crippen molar-refractivity contribution < 1.29 is 4.74 Å². The Hall–Kier alpha value is -0.570. The molecule has 0 aromatic heterocycles. The molecule has 0 saturated heterocycles. The van der Waals surface area contributed by atoms with Crippen LogP contribution in [0, 0.1) is 0 Å². The van der Waals surface area contributed by atoms with Crippen molar-refractivity contribution >= 4 is 11.6 Å². The molecular formula is C18H30ClNO. The lowest BCUT2D eigenvalue weighted by Gasteiger charge is -2.20. The SMILES string of the molecule is CCCCCCCOC(CNCCC)c1ccccc1Cl. The number of nitrogens with one attached hydrogen (secondary N) is 1. The van der Waals surface area contributed by atoms with Crippen LogP contribution in [0.25, 0.3) is 0 Å². The molecule has 21 heavy (non-hydrogen) atoms. The highest BCUT2D eigenvalue weighted by molar-refractivity contribution is 6.31. The van der Waals surface area contributed by atoms with Gasteiger partial charge in [0.25, 0.3) is 0 Å². The molecule has 2 nitrogen and oxygen atoms in total. The van der Waals surface area contributed by atoms with E-state index in [0.717, 1.165) is 43.1 Å². The maximum absolute atomic E-state index is 6.31. The third-order valence-corrected chi connectivity index (χ3v) is 3.92. The first-order chi connectivity index (χ1) is 10.3. The molecule has 0 heterocycles. The Balaban J connectivity index is 2.43. The Morgan fingerprint density at radius 2 is 1.81 bits per heavy atom. The molecule has 1 aromatic carbocycles. The molecule has 0 aliphatic rings. The summed E-state index contributed by atoms with van der Waals surface area (Å²) in [7, 11) is 0. The van der Waals surface area contributed by atoms with Gasteiger partial charge < -0.3 is 10.1 Å². The average Bonchev–Trinajstić information content (AvgIpc) is 2.50. The minimum Gasteiger partial charge on any atom is -0.372 e. The number of halogens is 1. The van der Waals surface area contributed by atoms with E-state index in [2.05, 4.69) is 25.2 Å². The summed E-state index contributed by atoms with van der Waals surface area (Å²) < 4.78 is 6.09. The second kappa shape index (κ2) is 12.0. The van der Waals surface area contributed by atoms with Crippen LogP contribution in [0.3, 0.4) is 0 Å². The fraction of sp³-hybridized carbons (Fsp3) is 0.667. The summed E-state index contributed by atoms with van der Waals surface area (Å²) in [5.41, 5.74) is 1.09. The quantitative estimate of drug-likeness (QED) is 0.524. The van der Waals surface area contributed by atoms with Crippen LogP contribution in [0.2, 0.25) is 5.02 Å². The summed E-state index contributed by atoms with van der Waals surface area (Å²) in [5, 5.41) is 4.24. The normalized spacial score (nSPS) is 12.5. The van der Waals surface area contributed by atoms with Crippen molar-refractivity contribution in [3.05, 3.63) is 34.9 Å². The summed E-state index contributed by atoms with van der Waals surface area (Å²) in [6.07, 6.45) is 7.49. The molecule has 120 valence electrons. The Kier molecular flexibility index (Phi) is 10.6. The molecule has 0 radical (unpaired) electrons. The molecule has 1 aromatic rings. The fourth-order valence-corrected chi connectivity index (χ4v) is 2.59. The molecule has 0 amide bonds. The predicted molar refractivity (Wildman–Crippen MR) is 92.1 cm³/mol. The topological polar surface area (TPSA) is 21.3 Å². The Labute approximate surface area is 135 Å². The molecule has 0 bridgehead atoms. The molecule has 0 aliphatic heterocycles. The lowest BCUT2D eigenvalue weighted by atomic mass is 10.1. The molecular weight excluding hydrogens is 282 g/mol. The largest absolute Gasteiger partial charge is 0.372 e. The smallest absolute Gasteiger partial charge is 0.0963 e. The van der Waals surface area contributed by atoms with E-state index in [9.17, 15) is 0 Å². The van der Waals surface area contributed by atoms with Gasteiger partial charge in [-0.1, -0.05) is 69.3 Å². The van der Waals surface area contributed by atoms with Crippen molar-refractivity contribution in [1.29, 1.82) is 0 Å².